The predicted molar refractivity (Wildman–Crippen MR) is 70.2 cm³/mol. The molecule has 1 unspecified atom stereocenters. The van der Waals surface area contributed by atoms with E-state index < -0.39 is 6.10 Å². The predicted octanol–water partition coefficient (Wildman–Crippen LogP) is 1.91. The monoisotopic (exact) mass is 306 g/mol. The number of nitrogens with zero attached hydrogens (tertiary/aromatic N) is 4. The highest BCUT2D eigenvalue weighted by Crippen LogP contribution is 2.27. The van der Waals surface area contributed by atoms with E-state index >= 15 is 0 Å². The summed E-state index contributed by atoms with van der Waals surface area (Å²) in [6.45, 7) is 0. The molecule has 0 saturated heterocycles. The average molecular weight is 307 g/mol. The number of pyridine rings is 1. The molecule has 3 heterocycles. The van der Waals surface area contributed by atoms with Crippen molar-refractivity contribution in [3.05, 3.63) is 52.7 Å². The van der Waals surface area contributed by atoms with Gasteiger partial charge in [-0.3, -0.25) is 4.68 Å². The van der Waals surface area contributed by atoms with Gasteiger partial charge in [-0.2, -0.15) is 5.10 Å². The van der Waals surface area contributed by atoms with Crippen LogP contribution in [0.5, 0.6) is 0 Å². The van der Waals surface area contributed by atoms with E-state index in [1.54, 1.807) is 17.9 Å². The average Bonchev–Trinajstić information content (AvgIpc) is 2.92. The van der Waals surface area contributed by atoms with E-state index in [0.717, 1.165) is 10.1 Å². The van der Waals surface area contributed by atoms with E-state index in [0.29, 0.717) is 11.4 Å². The van der Waals surface area contributed by atoms with Crippen LogP contribution in [-0.4, -0.2) is 24.3 Å². The van der Waals surface area contributed by atoms with Gasteiger partial charge in [-0.1, -0.05) is 6.07 Å². The van der Waals surface area contributed by atoms with Crippen LogP contribution in [0.3, 0.4) is 0 Å². The topological polar surface area (TPSA) is 55.3 Å². The van der Waals surface area contributed by atoms with Gasteiger partial charge in [0.2, 0.25) is 0 Å². The van der Waals surface area contributed by atoms with Crippen LogP contribution >= 0.6 is 15.9 Å². The first-order chi connectivity index (χ1) is 8.66. The summed E-state index contributed by atoms with van der Waals surface area (Å²) in [5, 5.41) is 14.5. The number of aryl methyl sites for hydroxylation is 1. The van der Waals surface area contributed by atoms with Crippen molar-refractivity contribution in [1.82, 2.24) is 19.2 Å². The number of fused-ring (bicyclic) bond motifs is 1. The second kappa shape index (κ2) is 4.22. The molecule has 3 rings (SSSR count). The van der Waals surface area contributed by atoms with Crippen LogP contribution < -0.4 is 0 Å². The van der Waals surface area contributed by atoms with Crippen molar-refractivity contribution in [1.29, 1.82) is 0 Å². The Balaban J connectivity index is 2.09. The Morgan fingerprint density at radius 1 is 1.39 bits per heavy atom. The molecule has 92 valence electrons. The van der Waals surface area contributed by atoms with Gasteiger partial charge < -0.3 is 9.51 Å². The minimum absolute atomic E-state index is 0.602. The number of hydrogen-bond donors (Lipinski definition) is 1. The number of rotatable bonds is 2. The van der Waals surface area contributed by atoms with E-state index in [1.165, 1.54) is 0 Å². The van der Waals surface area contributed by atoms with Crippen molar-refractivity contribution < 1.29 is 5.11 Å². The van der Waals surface area contributed by atoms with Crippen LogP contribution in [0.15, 0.2) is 41.3 Å². The molecule has 0 aliphatic heterocycles. The Morgan fingerprint density at radius 3 is 2.89 bits per heavy atom. The zero-order valence-corrected chi connectivity index (χ0v) is 11.2. The standard InChI is InChI=1S/C12H11BrN4O/c1-16-11(8(13)6-14-16)12(18)9-7-17-5-3-2-4-10(17)15-9/h2-7,12,18H,1H3. The molecule has 1 atom stereocenters. The van der Waals surface area contributed by atoms with Gasteiger partial charge in [0.05, 0.1) is 22.1 Å². The van der Waals surface area contributed by atoms with Crippen molar-refractivity contribution in [3.63, 3.8) is 0 Å². The second-order valence-corrected chi connectivity index (χ2v) is 4.89. The zero-order valence-electron chi connectivity index (χ0n) is 9.66. The minimum atomic E-state index is -0.799. The number of aliphatic hydroxyl groups excluding tert-OH is 1. The first-order valence-electron chi connectivity index (χ1n) is 5.46. The number of aliphatic hydroxyl groups is 1. The fourth-order valence-corrected chi connectivity index (χ4v) is 2.52. The second-order valence-electron chi connectivity index (χ2n) is 4.04. The normalized spacial score (nSPS) is 13.1. The summed E-state index contributed by atoms with van der Waals surface area (Å²) in [4.78, 5) is 4.40. The first kappa shape index (κ1) is 11.4. The van der Waals surface area contributed by atoms with Crippen LogP contribution in [0.1, 0.15) is 17.5 Å². The van der Waals surface area contributed by atoms with Gasteiger partial charge in [0, 0.05) is 19.4 Å². The molecule has 3 aromatic heterocycles. The van der Waals surface area contributed by atoms with E-state index in [9.17, 15) is 5.11 Å². The Labute approximate surface area is 112 Å². The summed E-state index contributed by atoms with van der Waals surface area (Å²) in [6.07, 6.45) is 4.58. The fraction of sp³-hybridized carbons (Fsp3) is 0.167. The largest absolute Gasteiger partial charge is 0.380 e. The van der Waals surface area contributed by atoms with Crippen LogP contribution in [-0.2, 0) is 7.05 Å². The maximum absolute atomic E-state index is 10.4. The maximum atomic E-state index is 10.4. The highest BCUT2D eigenvalue weighted by molar-refractivity contribution is 9.10. The molecule has 0 aliphatic rings. The minimum Gasteiger partial charge on any atom is -0.380 e. The third kappa shape index (κ3) is 1.74. The van der Waals surface area contributed by atoms with Gasteiger partial charge in [0.1, 0.15) is 11.8 Å². The molecule has 0 bridgehead atoms. The van der Waals surface area contributed by atoms with Crippen molar-refractivity contribution >= 4 is 21.6 Å². The summed E-state index contributed by atoms with van der Waals surface area (Å²) in [7, 11) is 1.79. The zero-order chi connectivity index (χ0) is 12.7. The highest BCUT2D eigenvalue weighted by atomic mass is 79.9. The van der Waals surface area contributed by atoms with E-state index in [4.69, 9.17) is 0 Å². The molecule has 5 nitrogen and oxygen atoms in total. The van der Waals surface area contributed by atoms with Crippen LogP contribution in [0.25, 0.3) is 5.65 Å². The molecule has 0 aliphatic carbocycles. The van der Waals surface area contributed by atoms with Gasteiger partial charge in [-0.15, -0.1) is 0 Å². The van der Waals surface area contributed by atoms with Crippen LogP contribution in [0.2, 0.25) is 0 Å². The van der Waals surface area contributed by atoms with Crippen molar-refractivity contribution in [3.8, 4) is 0 Å². The van der Waals surface area contributed by atoms with Crippen molar-refractivity contribution in [2.75, 3.05) is 0 Å². The summed E-state index contributed by atoms with van der Waals surface area (Å²) >= 11 is 3.38. The number of hydrogen-bond acceptors (Lipinski definition) is 3. The molecular formula is C12H11BrN4O. The summed E-state index contributed by atoms with van der Waals surface area (Å²) in [5.41, 5.74) is 2.11. The molecule has 0 amide bonds. The molecular weight excluding hydrogens is 296 g/mol. The lowest BCUT2D eigenvalue weighted by molar-refractivity contribution is 0.205. The molecule has 18 heavy (non-hydrogen) atoms. The molecule has 0 spiro atoms. The number of halogens is 1. The van der Waals surface area contributed by atoms with E-state index in [-0.39, 0.29) is 0 Å². The summed E-state index contributed by atoms with van der Waals surface area (Å²) in [5.74, 6) is 0. The van der Waals surface area contributed by atoms with Gasteiger partial charge in [0.25, 0.3) is 0 Å². The molecule has 0 aromatic carbocycles. The Bertz CT molecular complexity index is 650. The lowest BCUT2D eigenvalue weighted by Gasteiger charge is -2.08. The third-order valence-corrected chi connectivity index (χ3v) is 3.47. The molecule has 1 N–H and O–H groups in total. The lowest BCUT2D eigenvalue weighted by Crippen LogP contribution is -2.07. The smallest absolute Gasteiger partial charge is 0.140 e. The van der Waals surface area contributed by atoms with Gasteiger partial charge in [0.15, 0.2) is 0 Å². The Morgan fingerprint density at radius 2 is 2.22 bits per heavy atom. The lowest BCUT2D eigenvalue weighted by atomic mass is 10.2. The molecule has 3 aromatic rings. The van der Waals surface area contributed by atoms with E-state index in [2.05, 4.69) is 26.0 Å². The number of aromatic nitrogens is 4. The molecule has 0 fully saturated rings. The Hall–Kier alpha value is -1.66. The summed E-state index contributed by atoms with van der Waals surface area (Å²) in [6, 6.07) is 5.73. The fourth-order valence-electron chi connectivity index (χ4n) is 1.95. The molecule has 0 radical (unpaired) electrons. The first-order valence-corrected chi connectivity index (χ1v) is 6.25. The summed E-state index contributed by atoms with van der Waals surface area (Å²) < 4.78 is 4.29. The highest BCUT2D eigenvalue weighted by Gasteiger charge is 2.20. The van der Waals surface area contributed by atoms with Gasteiger partial charge in [-0.05, 0) is 28.1 Å². The van der Waals surface area contributed by atoms with Gasteiger partial charge in [-0.25, -0.2) is 4.98 Å². The van der Waals surface area contributed by atoms with Crippen molar-refractivity contribution in [2.24, 2.45) is 7.05 Å². The maximum Gasteiger partial charge on any atom is 0.140 e. The van der Waals surface area contributed by atoms with Gasteiger partial charge >= 0.3 is 0 Å². The quantitative estimate of drug-likeness (QED) is 0.787. The Kier molecular flexibility index (Phi) is 2.68. The molecule has 0 saturated carbocycles. The van der Waals surface area contributed by atoms with Crippen LogP contribution in [0, 0.1) is 0 Å². The third-order valence-electron chi connectivity index (χ3n) is 2.86. The molecule has 6 heteroatoms. The van der Waals surface area contributed by atoms with Crippen LogP contribution in [0.4, 0.5) is 0 Å². The van der Waals surface area contributed by atoms with Crippen molar-refractivity contribution in [2.45, 2.75) is 6.10 Å². The van der Waals surface area contributed by atoms with E-state index in [1.807, 2.05) is 35.0 Å². The number of imidazole rings is 1. The SMILES string of the molecule is Cn1ncc(Br)c1C(O)c1cn2ccccc2n1.